The highest BCUT2D eigenvalue weighted by atomic mass is 16.5. The van der Waals surface area contributed by atoms with Crippen molar-refractivity contribution >= 4 is 5.82 Å². The molecule has 4 nitrogen and oxygen atoms in total. The van der Waals surface area contributed by atoms with Gasteiger partial charge in [0.2, 0.25) is 0 Å². The minimum Gasteiger partial charge on any atom is -0.497 e. The highest BCUT2D eigenvalue weighted by Crippen LogP contribution is 2.21. The summed E-state index contributed by atoms with van der Waals surface area (Å²) in [7, 11) is 3.85. The van der Waals surface area contributed by atoms with Crippen molar-refractivity contribution in [2.75, 3.05) is 38.7 Å². The Morgan fingerprint density at radius 3 is 2.94 bits per heavy atom. The minimum atomic E-state index is 0.498. The van der Waals surface area contributed by atoms with Gasteiger partial charge in [0.25, 0.3) is 0 Å². The summed E-state index contributed by atoms with van der Waals surface area (Å²) in [5, 5.41) is 0. The monoisotopic (exact) mass is 221 g/mol. The van der Waals surface area contributed by atoms with Gasteiger partial charge in [-0.15, -0.1) is 0 Å². The van der Waals surface area contributed by atoms with Gasteiger partial charge in [-0.3, -0.25) is 0 Å². The van der Waals surface area contributed by atoms with Gasteiger partial charge in [-0.1, -0.05) is 0 Å². The number of hydrogen-bond donors (Lipinski definition) is 0. The molecule has 2 heterocycles. The Balaban J connectivity index is 2.16. The first-order valence-electron chi connectivity index (χ1n) is 5.66. The molecule has 0 spiro atoms. The van der Waals surface area contributed by atoms with Crippen LogP contribution in [-0.4, -0.2) is 49.7 Å². The SMILES string of the molecule is COc1ccnc(N2CCN(C)C[C@@H]2C)c1. The predicted octanol–water partition coefficient (Wildman–Crippen LogP) is 1.23. The average molecular weight is 221 g/mol. The molecular formula is C12H19N3O. The molecule has 1 aliphatic heterocycles. The van der Waals surface area contributed by atoms with Crippen molar-refractivity contribution in [1.29, 1.82) is 0 Å². The highest BCUT2D eigenvalue weighted by Gasteiger charge is 2.22. The van der Waals surface area contributed by atoms with E-state index in [0.29, 0.717) is 6.04 Å². The molecule has 0 aromatic carbocycles. The summed E-state index contributed by atoms with van der Waals surface area (Å²) < 4.78 is 5.22. The quantitative estimate of drug-likeness (QED) is 0.751. The van der Waals surface area contributed by atoms with Crippen LogP contribution in [-0.2, 0) is 0 Å². The lowest BCUT2D eigenvalue weighted by Gasteiger charge is -2.39. The molecule has 1 atom stereocenters. The van der Waals surface area contributed by atoms with Gasteiger partial charge in [0, 0.05) is 37.9 Å². The Labute approximate surface area is 96.8 Å². The molecule has 1 aromatic heterocycles. The van der Waals surface area contributed by atoms with Crippen molar-refractivity contribution in [2.24, 2.45) is 0 Å². The number of rotatable bonds is 2. The lowest BCUT2D eigenvalue weighted by Crippen LogP contribution is -2.50. The van der Waals surface area contributed by atoms with Gasteiger partial charge in [0.05, 0.1) is 7.11 Å². The van der Waals surface area contributed by atoms with E-state index in [2.05, 4.69) is 28.8 Å². The van der Waals surface area contributed by atoms with Gasteiger partial charge in [-0.2, -0.15) is 0 Å². The molecule has 2 rings (SSSR count). The molecule has 0 unspecified atom stereocenters. The molecule has 0 radical (unpaired) electrons. The number of methoxy groups -OCH3 is 1. The number of nitrogens with zero attached hydrogens (tertiary/aromatic N) is 3. The molecule has 16 heavy (non-hydrogen) atoms. The standard InChI is InChI=1S/C12H19N3O/c1-10-9-14(2)6-7-15(10)12-8-11(16-3)4-5-13-12/h4-5,8,10H,6-7,9H2,1-3H3/t10-/m0/s1. The van der Waals surface area contributed by atoms with E-state index in [1.165, 1.54) is 0 Å². The fourth-order valence-corrected chi connectivity index (χ4v) is 2.16. The van der Waals surface area contributed by atoms with Crippen LogP contribution in [0.4, 0.5) is 5.82 Å². The second-order valence-electron chi connectivity index (χ2n) is 4.36. The van der Waals surface area contributed by atoms with E-state index in [1.54, 1.807) is 13.3 Å². The van der Waals surface area contributed by atoms with Crippen LogP contribution in [0.25, 0.3) is 0 Å². The topological polar surface area (TPSA) is 28.6 Å². The van der Waals surface area contributed by atoms with Crippen LogP contribution in [0.15, 0.2) is 18.3 Å². The third kappa shape index (κ3) is 2.27. The Bertz CT molecular complexity index is 356. The third-order valence-corrected chi connectivity index (χ3v) is 3.08. The number of likely N-dealkylation sites (N-methyl/N-ethyl adjacent to an activating group) is 1. The second-order valence-corrected chi connectivity index (χ2v) is 4.36. The summed E-state index contributed by atoms with van der Waals surface area (Å²) >= 11 is 0. The Morgan fingerprint density at radius 2 is 2.25 bits per heavy atom. The van der Waals surface area contributed by atoms with Gasteiger partial charge in [-0.25, -0.2) is 4.98 Å². The first kappa shape index (κ1) is 11.2. The Hall–Kier alpha value is -1.29. The van der Waals surface area contributed by atoms with Crippen LogP contribution in [0.2, 0.25) is 0 Å². The summed E-state index contributed by atoms with van der Waals surface area (Å²) in [6.07, 6.45) is 1.80. The minimum absolute atomic E-state index is 0.498. The number of ether oxygens (including phenoxy) is 1. The van der Waals surface area contributed by atoms with Gasteiger partial charge in [0.15, 0.2) is 0 Å². The van der Waals surface area contributed by atoms with E-state index in [-0.39, 0.29) is 0 Å². The van der Waals surface area contributed by atoms with Crippen LogP contribution in [0, 0.1) is 0 Å². The maximum Gasteiger partial charge on any atom is 0.132 e. The zero-order chi connectivity index (χ0) is 11.5. The molecule has 0 bridgehead atoms. The Morgan fingerprint density at radius 1 is 1.44 bits per heavy atom. The van der Waals surface area contributed by atoms with Gasteiger partial charge < -0.3 is 14.5 Å². The fraction of sp³-hybridized carbons (Fsp3) is 0.583. The summed E-state index contributed by atoms with van der Waals surface area (Å²) in [4.78, 5) is 9.10. The van der Waals surface area contributed by atoms with Crippen molar-refractivity contribution in [1.82, 2.24) is 9.88 Å². The van der Waals surface area contributed by atoms with Crippen molar-refractivity contribution in [2.45, 2.75) is 13.0 Å². The summed E-state index contributed by atoms with van der Waals surface area (Å²) in [5.74, 6) is 1.89. The molecule has 88 valence electrons. The second kappa shape index (κ2) is 4.70. The van der Waals surface area contributed by atoms with Crippen molar-refractivity contribution in [3.8, 4) is 5.75 Å². The maximum atomic E-state index is 5.22. The van der Waals surface area contributed by atoms with E-state index in [0.717, 1.165) is 31.2 Å². The molecule has 1 aliphatic rings. The smallest absolute Gasteiger partial charge is 0.132 e. The van der Waals surface area contributed by atoms with Crippen LogP contribution in [0.1, 0.15) is 6.92 Å². The van der Waals surface area contributed by atoms with Gasteiger partial charge in [-0.05, 0) is 20.0 Å². The third-order valence-electron chi connectivity index (χ3n) is 3.08. The van der Waals surface area contributed by atoms with Crippen molar-refractivity contribution < 1.29 is 4.74 Å². The lowest BCUT2D eigenvalue weighted by molar-refractivity contribution is 0.274. The first-order valence-corrected chi connectivity index (χ1v) is 5.66. The predicted molar refractivity (Wildman–Crippen MR) is 65.1 cm³/mol. The number of hydrogen-bond acceptors (Lipinski definition) is 4. The fourth-order valence-electron chi connectivity index (χ4n) is 2.16. The molecule has 0 aliphatic carbocycles. The van der Waals surface area contributed by atoms with E-state index in [1.807, 2.05) is 12.1 Å². The van der Waals surface area contributed by atoms with E-state index in [9.17, 15) is 0 Å². The summed E-state index contributed by atoms with van der Waals surface area (Å²) in [6, 6.07) is 4.38. The highest BCUT2D eigenvalue weighted by molar-refractivity contribution is 5.45. The van der Waals surface area contributed by atoms with Crippen LogP contribution < -0.4 is 9.64 Å². The van der Waals surface area contributed by atoms with E-state index in [4.69, 9.17) is 4.74 Å². The number of anilines is 1. The van der Waals surface area contributed by atoms with Crippen molar-refractivity contribution in [3.63, 3.8) is 0 Å². The summed E-state index contributed by atoms with van der Waals surface area (Å²) in [6.45, 7) is 5.43. The molecule has 0 N–H and O–H groups in total. The maximum absolute atomic E-state index is 5.22. The van der Waals surface area contributed by atoms with Crippen LogP contribution in [0.5, 0.6) is 5.75 Å². The average Bonchev–Trinajstić information content (AvgIpc) is 2.29. The van der Waals surface area contributed by atoms with Crippen LogP contribution in [0.3, 0.4) is 0 Å². The zero-order valence-corrected chi connectivity index (χ0v) is 10.2. The summed E-state index contributed by atoms with van der Waals surface area (Å²) in [5.41, 5.74) is 0. The lowest BCUT2D eigenvalue weighted by atomic mass is 10.2. The number of aromatic nitrogens is 1. The number of piperazine rings is 1. The van der Waals surface area contributed by atoms with Gasteiger partial charge >= 0.3 is 0 Å². The van der Waals surface area contributed by atoms with E-state index >= 15 is 0 Å². The molecule has 0 amide bonds. The number of pyridine rings is 1. The van der Waals surface area contributed by atoms with Crippen molar-refractivity contribution in [3.05, 3.63) is 18.3 Å². The van der Waals surface area contributed by atoms with Crippen LogP contribution >= 0.6 is 0 Å². The normalized spacial score (nSPS) is 22.2. The zero-order valence-electron chi connectivity index (χ0n) is 10.2. The largest absolute Gasteiger partial charge is 0.497 e. The molecule has 1 aromatic rings. The Kier molecular flexibility index (Phi) is 3.29. The molecule has 0 saturated carbocycles. The van der Waals surface area contributed by atoms with Gasteiger partial charge in [0.1, 0.15) is 11.6 Å². The first-order chi connectivity index (χ1) is 7.70. The van der Waals surface area contributed by atoms with E-state index < -0.39 is 0 Å². The molecule has 1 saturated heterocycles. The molecular weight excluding hydrogens is 202 g/mol. The molecule has 4 heteroatoms. The molecule has 1 fully saturated rings.